The topological polar surface area (TPSA) is 40.5 Å². The normalized spacial score (nSPS) is 14.8. The zero-order chi connectivity index (χ0) is 13.7. The number of nitrogens with zero attached hydrogens (tertiary/aromatic N) is 1. The highest BCUT2D eigenvalue weighted by Crippen LogP contribution is 2.23. The molecule has 0 saturated carbocycles. The summed E-state index contributed by atoms with van der Waals surface area (Å²) in [7, 11) is 0. The average Bonchev–Trinajstić information content (AvgIpc) is 2.35. The lowest BCUT2D eigenvalue weighted by Crippen LogP contribution is -2.38. The van der Waals surface area contributed by atoms with Crippen molar-refractivity contribution in [1.29, 1.82) is 0 Å². The van der Waals surface area contributed by atoms with E-state index < -0.39 is 5.97 Å². The molecule has 0 saturated heterocycles. The van der Waals surface area contributed by atoms with E-state index in [9.17, 15) is 4.79 Å². The van der Waals surface area contributed by atoms with Crippen molar-refractivity contribution in [1.82, 2.24) is 4.90 Å². The Kier molecular flexibility index (Phi) is 5.35. The second-order valence-corrected chi connectivity index (χ2v) is 5.12. The first kappa shape index (κ1) is 14.7. The van der Waals surface area contributed by atoms with E-state index in [-0.39, 0.29) is 12.0 Å². The molecule has 1 N–H and O–H groups in total. The standard InChI is InChI=1S/C15H23NO2/c1-11(2)16(10-12(3)15(17)18)13(4)14-8-6-5-7-9-14/h5-9,11-13H,10H2,1-4H3,(H,17,18). The maximum atomic E-state index is 11.0. The van der Waals surface area contributed by atoms with Crippen LogP contribution in [0, 0.1) is 5.92 Å². The van der Waals surface area contributed by atoms with Gasteiger partial charge in [0.2, 0.25) is 0 Å². The van der Waals surface area contributed by atoms with Gasteiger partial charge in [-0.15, -0.1) is 0 Å². The summed E-state index contributed by atoms with van der Waals surface area (Å²) in [5.74, 6) is -1.08. The number of aliphatic carboxylic acids is 1. The van der Waals surface area contributed by atoms with E-state index in [1.165, 1.54) is 5.56 Å². The van der Waals surface area contributed by atoms with Crippen LogP contribution in [0.5, 0.6) is 0 Å². The Balaban J connectivity index is 2.82. The third kappa shape index (κ3) is 3.84. The lowest BCUT2D eigenvalue weighted by molar-refractivity contribution is -0.142. The molecule has 2 unspecified atom stereocenters. The number of hydrogen-bond donors (Lipinski definition) is 1. The minimum atomic E-state index is -0.735. The van der Waals surface area contributed by atoms with Gasteiger partial charge in [0.1, 0.15) is 0 Å². The van der Waals surface area contributed by atoms with Gasteiger partial charge in [0.15, 0.2) is 0 Å². The number of rotatable bonds is 6. The van der Waals surface area contributed by atoms with Crippen molar-refractivity contribution in [2.24, 2.45) is 5.92 Å². The summed E-state index contributed by atoms with van der Waals surface area (Å²) in [4.78, 5) is 13.2. The molecule has 100 valence electrons. The van der Waals surface area contributed by atoms with Crippen LogP contribution in [-0.2, 0) is 4.79 Å². The Morgan fingerprint density at radius 3 is 2.17 bits per heavy atom. The zero-order valence-electron chi connectivity index (χ0n) is 11.6. The van der Waals surface area contributed by atoms with Crippen molar-refractivity contribution in [2.75, 3.05) is 6.54 Å². The first-order valence-corrected chi connectivity index (χ1v) is 6.47. The molecule has 0 aliphatic rings. The summed E-state index contributed by atoms with van der Waals surface area (Å²) in [5.41, 5.74) is 1.23. The third-order valence-corrected chi connectivity index (χ3v) is 3.35. The summed E-state index contributed by atoms with van der Waals surface area (Å²) < 4.78 is 0. The van der Waals surface area contributed by atoms with E-state index in [1.54, 1.807) is 6.92 Å². The highest BCUT2D eigenvalue weighted by Gasteiger charge is 2.23. The molecule has 3 heteroatoms. The fourth-order valence-corrected chi connectivity index (χ4v) is 2.13. The minimum Gasteiger partial charge on any atom is -0.481 e. The SMILES string of the molecule is CC(CN(C(C)C)C(C)c1ccccc1)C(=O)O. The molecule has 0 aliphatic carbocycles. The van der Waals surface area contributed by atoms with E-state index in [0.29, 0.717) is 12.6 Å². The van der Waals surface area contributed by atoms with Crippen LogP contribution in [0.25, 0.3) is 0 Å². The monoisotopic (exact) mass is 249 g/mol. The highest BCUT2D eigenvalue weighted by molar-refractivity contribution is 5.69. The zero-order valence-corrected chi connectivity index (χ0v) is 11.6. The van der Waals surface area contributed by atoms with Gasteiger partial charge in [0.05, 0.1) is 5.92 Å². The van der Waals surface area contributed by atoms with Gasteiger partial charge in [-0.2, -0.15) is 0 Å². The predicted molar refractivity (Wildman–Crippen MR) is 73.5 cm³/mol. The van der Waals surface area contributed by atoms with Crippen molar-refractivity contribution < 1.29 is 9.90 Å². The van der Waals surface area contributed by atoms with Gasteiger partial charge in [-0.05, 0) is 26.3 Å². The molecule has 0 bridgehead atoms. The van der Waals surface area contributed by atoms with Crippen LogP contribution in [0.3, 0.4) is 0 Å². The summed E-state index contributed by atoms with van der Waals surface area (Å²) >= 11 is 0. The smallest absolute Gasteiger partial charge is 0.307 e. The van der Waals surface area contributed by atoms with E-state index >= 15 is 0 Å². The van der Waals surface area contributed by atoms with Gasteiger partial charge in [0, 0.05) is 18.6 Å². The molecular formula is C15H23NO2. The average molecular weight is 249 g/mol. The van der Waals surface area contributed by atoms with Crippen LogP contribution in [0.15, 0.2) is 30.3 Å². The quantitative estimate of drug-likeness (QED) is 0.841. The number of hydrogen-bond acceptors (Lipinski definition) is 2. The Labute approximate surface area is 109 Å². The van der Waals surface area contributed by atoms with Gasteiger partial charge in [0.25, 0.3) is 0 Å². The van der Waals surface area contributed by atoms with Crippen LogP contribution >= 0.6 is 0 Å². The molecule has 0 fully saturated rings. The Bertz CT molecular complexity index is 375. The van der Waals surface area contributed by atoms with Gasteiger partial charge < -0.3 is 5.11 Å². The predicted octanol–water partition coefficient (Wildman–Crippen LogP) is 3.18. The van der Waals surface area contributed by atoms with Crippen molar-refractivity contribution in [3.05, 3.63) is 35.9 Å². The largest absolute Gasteiger partial charge is 0.481 e. The van der Waals surface area contributed by atoms with Crippen LogP contribution in [0.1, 0.15) is 39.3 Å². The lowest BCUT2D eigenvalue weighted by atomic mass is 10.0. The molecule has 2 atom stereocenters. The molecule has 1 aromatic rings. The van der Waals surface area contributed by atoms with Crippen molar-refractivity contribution in [3.63, 3.8) is 0 Å². The van der Waals surface area contributed by atoms with Crippen LogP contribution < -0.4 is 0 Å². The van der Waals surface area contributed by atoms with Crippen LogP contribution in [0.2, 0.25) is 0 Å². The van der Waals surface area contributed by atoms with Gasteiger partial charge >= 0.3 is 5.97 Å². The number of benzene rings is 1. The minimum absolute atomic E-state index is 0.230. The number of carbonyl (C=O) groups is 1. The Morgan fingerprint density at radius 2 is 1.72 bits per heavy atom. The molecule has 0 radical (unpaired) electrons. The molecule has 0 aliphatic heterocycles. The third-order valence-electron chi connectivity index (χ3n) is 3.35. The lowest BCUT2D eigenvalue weighted by Gasteiger charge is -2.34. The molecular weight excluding hydrogens is 226 g/mol. The summed E-state index contributed by atoms with van der Waals surface area (Å²) in [5, 5.41) is 9.04. The van der Waals surface area contributed by atoms with Crippen molar-refractivity contribution in [2.45, 2.75) is 39.8 Å². The summed E-state index contributed by atoms with van der Waals surface area (Å²) in [6.07, 6.45) is 0. The molecule has 0 heterocycles. The second-order valence-electron chi connectivity index (χ2n) is 5.12. The molecule has 0 aromatic heterocycles. The molecule has 0 spiro atoms. The highest BCUT2D eigenvalue weighted by atomic mass is 16.4. The molecule has 0 amide bonds. The molecule has 3 nitrogen and oxygen atoms in total. The van der Waals surface area contributed by atoms with Gasteiger partial charge in [-0.25, -0.2) is 0 Å². The van der Waals surface area contributed by atoms with Crippen LogP contribution in [-0.4, -0.2) is 28.6 Å². The van der Waals surface area contributed by atoms with Gasteiger partial charge in [-0.1, -0.05) is 37.3 Å². The van der Waals surface area contributed by atoms with Crippen molar-refractivity contribution >= 4 is 5.97 Å². The first-order chi connectivity index (χ1) is 8.43. The van der Waals surface area contributed by atoms with E-state index in [1.807, 2.05) is 18.2 Å². The second kappa shape index (κ2) is 6.55. The Hall–Kier alpha value is -1.35. The van der Waals surface area contributed by atoms with Crippen molar-refractivity contribution in [3.8, 4) is 0 Å². The fraction of sp³-hybridized carbons (Fsp3) is 0.533. The summed E-state index contributed by atoms with van der Waals surface area (Å²) in [6.45, 7) is 8.67. The summed E-state index contributed by atoms with van der Waals surface area (Å²) in [6, 6.07) is 10.8. The van der Waals surface area contributed by atoms with E-state index in [0.717, 1.165) is 0 Å². The molecule has 18 heavy (non-hydrogen) atoms. The fourth-order valence-electron chi connectivity index (χ4n) is 2.13. The van der Waals surface area contributed by atoms with E-state index in [4.69, 9.17) is 5.11 Å². The van der Waals surface area contributed by atoms with Gasteiger partial charge in [-0.3, -0.25) is 9.69 Å². The number of carboxylic acid groups (broad SMARTS) is 1. The first-order valence-electron chi connectivity index (χ1n) is 6.47. The Morgan fingerprint density at radius 1 is 1.17 bits per heavy atom. The molecule has 1 aromatic carbocycles. The van der Waals surface area contributed by atoms with E-state index in [2.05, 4.69) is 37.8 Å². The molecule has 1 rings (SSSR count). The maximum absolute atomic E-state index is 11.0. The number of carboxylic acids is 1. The van der Waals surface area contributed by atoms with Crippen LogP contribution in [0.4, 0.5) is 0 Å². The maximum Gasteiger partial charge on any atom is 0.307 e.